The van der Waals surface area contributed by atoms with Gasteiger partial charge in [0, 0.05) is 57.1 Å². The third-order valence-corrected chi connectivity index (χ3v) is 7.91. The van der Waals surface area contributed by atoms with Gasteiger partial charge in [-0.15, -0.1) is 0 Å². The molecular formula is C26H34N6O. The standard InChI is InChI=1S/C26H34N6O/c1-29-11-13-31(14-12-29)25-7-3-6-24-28-21(17-32(24)25)22-15-19(33)16-23(30(22)2)26-20(18-8-9-18)5-4-10-27-26/h3-7,10,17-18,22-24,28H,8-9,11-16H2,1-2H3. The summed E-state index contributed by atoms with van der Waals surface area (Å²) in [6.45, 7) is 4.24. The van der Waals surface area contributed by atoms with Crippen molar-refractivity contribution in [3.8, 4) is 0 Å². The molecule has 7 nitrogen and oxygen atoms in total. The number of hydrogen-bond acceptors (Lipinski definition) is 7. The minimum Gasteiger partial charge on any atom is -0.362 e. The van der Waals surface area contributed by atoms with Gasteiger partial charge in [0.25, 0.3) is 0 Å². The van der Waals surface area contributed by atoms with Gasteiger partial charge in [-0.25, -0.2) is 0 Å². The molecule has 6 rings (SSSR count). The smallest absolute Gasteiger partial charge is 0.136 e. The highest BCUT2D eigenvalue weighted by Crippen LogP contribution is 2.45. The number of Topliss-reactive ketones (excluding diaryl/α,β-unsaturated/α-hetero) is 1. The summed E-state index contributed by atoms with van der Waals surface area (Å²) in [4.78, 5) is 27.3. The van der Waals surface area contributed by atoms with Crippen LogP contribution in [0.25, 0.3) is 0 Å². The topological polar surface area (TPSA) is 55.0 Å². The van der Waals surface area contributed by atoms with Crippen molar-refractivity contribution in [1.82, 2.24) is 29.9 Å². The zero-order chi connectivity index (χ0) is 22.5. The molecule has 4 aliphatic heterocycles. The van der Waals surface area contributed by atoms with Crippen LogP contribution in [-0.4, -0.2) is 82.8 Å². The molecule has 1 aliphatic carbocycles. The third kappa shape index (κ3) is 3.87. The van der Waals surface area contributed by atoms with Crippen LogP contribution in [0, 0.1) is 0 Å². The Kier molecular flexibility index (Phi) is 5.26. The minimum absolute atomic E-state index is 0.0385. The number of hydrogen-bond donors (Lipinski definition) is 1. The van der Waals surface area contributed by atoms with E-state index < -0.39 is 0 Å². The Labute approximate surface area is 196 Å². The molecule has 1 aromatic heterocycles. The molecule has 1 saturated carbocycles. The molecule has 3 atom stereocenters. The highest BCUT2D eigenvalue weighted by atomic mass is 16.1. The maximum atomic E-state index is 13.0. The maximum Gasteiger partial charge on any atom is 0.136 e. The van der Waals surface area contributed by atoms with Gasteiger partial charge in [-0.1, -0.05) is 12.1 Å². The number of aromatic nitrogens is 1. The highest BCUT2D eigenvalue weighted by molar-refractivity contribution is 5.81. The Morgan fingerprint density at radius 3 is 2.64 bits per heavy atom. The molecule has 1 N–H and O–H groups in total. The first-order valence-electron chi connectivity index (χ1n) is 12.4. The number of carbonyl (C=O) groups excluding carboxylic acids is 1. The molecular weight excluding hydrogens is 412 g/mol. The van der Waals surface area contributed by atoms with E-state index in [0.717, 1.165) is 37.6 Å². The summed E-state index contributed by atoms with van der Waals surface area (Å²) < 4.78 is 0. The molecule has 0 radical (unpaired) electrons. The fraction of sp³-hybridized carbons (Fsp3) is 0.538. The van der Waals surface area contributed by atoms with Crippen molar-refractivity contribution in [2.45, 2.75) is 49.9 Å². The van der Waals surface area contributed by atoms with Crippen molar-refractivity contribution in [3.05, 3.63) is 65.5 Å². The van der Waals surface area contributed by atoms with E-state index in [0.29, 0.717) is 24.5 Å². The summed E-state index contributed by atoms with van der Waals surface area (Å²) in [5.41, 5.74) is 3.59. The molecule has 7 heteroatoms. The number of rotatable bonds is 4. The van der Waals surface area contributed by atoms with Gasteiger partial charge in [-0.3, -0.25) is 14.7 Å². The van der Waals surface area contributed by atoms with E-state index >= 15 is 0 Å². The van der Waals surface area contributed by atoms with E-state index in [1.807, 2.05) is 12.3 Å². The van der Waals surface area contributed by atoms with Crippen LogP contribution in [-0.2, 0) is 4.79 Å². The number of piperidine rings is 1. The van der Waals surface area contributed by atoms with Crippen molar-refractivity contribution in [3.63, 3.8) is 0 Å². The van der Waals surface area contributed by atoms with E-state index in [1.54, 1.807) is 0 Å². The van der Waals surface area contributed by atoms with E-state index in [1.165, 1.54) is 24.2 Å². The Balaban J connectivity index is 1.26. The Hall–Kier alpha value is -2.64. The first-order valence-corrected chi connectivity index (χ1v) is 12.4. The van der Waals surface area contributed by atoms with E-state index in [-0.39, 0.29) is 18.2 Å². The van der Waals surface area contributed by atoms with Crippen LogP contribution in [0.3, 0.4) is 0 Å². The highest BCUT2D eigenvalue weighted by Gasteiger charge is 2.41. The summed E-state index contributed by atoms with van der Waals surface area (Å²) in [6.07, 6.45) is 14.4. The predicted molar refractivity (Wildman–Crippen MR) is 128 cm³/mol. The molecule has 0 amide bonds. The van der Waals surface area contributed by atoms with Crippen LogP contribution >= 0.6 is 0 Å². The Bertz CT molecular complexity index is 1020. The van der Waals surface area contributed by atoms with Crippen LogP contribution in [0.4, 0.5) is 0 Å². The molecule has 0 spiro atoms. The van der Waals surface area contributed by atoms with Crippen LogP contribution in [0.15, 0.2) is 54.3 Å². The number of nitrogens with zero attached hydrogens (tertiary/aromatic N) is 5. The number of fused-ring (bicyclic) bond motifs is 1. The second-order valence-electron chi connectivity index (χ2n) is 10.2. The maximum absolute atomic E-state index is 13.0. The van der Waals surface area contributed by atoms with Crippen LogP contribution in [0.1, 0.15) is 48.9 Å². The fourth-order valence-electron chi connectivity index (χ4n) is 5.76. The average Bonchev–Trinajstić information content (AvgIpc) is 3.58. The first kappa shape index (κ1) is 20.9. The lowest BCUT2D eigenvalue weighted by Gasteiger charge is -2.40. The van der Waals surface area contributed by atoms with Crippen LogP contribution in [0.2, 0.25) is 0 Å². The SMILES string of the molecule is CN1CCN(C2=CC=CC3NC(C4CC(=O)CC(c5ncccc5C5CC5)N4C)=CN23)CC1. The summed E-state index contributed by atoms with van der Waals surface area (Å²) in [5, 5.41) is 3.72. The summed E-state index contributed by atoms with van der Waals surface area (Å²) in [6, 6.07) is 4.33. The minimum atomic E-state index is 0.0385. The number of allylic oxidation sites excluding steroid dienone is 2. The van der Waals surface area contributed by atoms with Crippen molar-refractivity contribution in [1.29, 1.82) is 0 Å². The summed E-state index contributed by atoms with van der Waals surface area (Å²) in [5.74, 6) is 2.20. The first-order chi connectivity index (χ1) is 16.1. The van der Waals surface area contributed by atoms with E-state index in [4.69, 9.17) is 4.98 Å². The van der Waals surface area contributed by atoms with Gasteiger partial charge in [0.15, 0.2) is 0 Å². The number of pyridine rings is 1. The van der Waals surface area contributed by atoms with Gasteiger partial charge in [0.2, 0.25) is 0 Å². The number of piperazine rings is 1. The van der Waals surface area contributed by atoms with Crippen molar-refractivity contribution in [2.24, 2.45) is 0 Å². The molecule has 0 bridgehead atoms. The molecule has 3 unspecified atom stereocenters. The van der Waals surface area contributed by atoms with Crippen molar-refractivity contribution in [2.75, 3.05) is 40.3 Å². The van der Waals surface area contributed by atoms with Crippen LogP contribution < -0.4 is 5.32 Å². The molecule has 33 heavy (non-hydrogen) atoms. The normalized spacial score (nSPS) is 30.7. The van der Waals surface area contributed by atoms with E-state index in [2.05, 4.69) is 69.5 Å². The van der Waals surface area contributed by atoms with Crippen molar-refractivity contribution < 1.29 is 4.79 Å². The average molecular weight is 447 g/mol. The van der Waals surface area contributed by atoms with Crippen molar-refractivity contribution >= 4 is 5.78 Å². The molecule has 5 heterocycles. The largest absolute Gasteiger partial charge is 0.362 e. The lowest BCUT2D eigenvalue weighted by Crippen LogP contribution is -2.49. The zero-order valence-corrected chi connectivity index (χ0v) is 19.7. The molecule has 3 fully saturated rings. The summed E-state index contributed by atoms with van der Waals surface area (Å²) in [7, 11) is 4.35. The predicted octanol–water partition coefficient (Wildman–Crippen LogP) is 2.39. The molecule has 0 aromatic carbocycles. The van der Waals surface area contributed by atoms with Gasteiger partial charge in [0.05, 0.1) is 17.8 Å². The number of likely N-dealkylation sites (N-methyl/N-ethyl adjacent to an activating group) is 2. The monoisotopic (exact) mass is 446 g/mol. The van der Waals surface area contributed by atoms with Gasteiger partial charge in [-0.2, -0.15) is 0 Å². The zero-order valence-electron chi connectivity index (χ0n) is 19.7. The Morgan fingerprint density at radius 1 is 1.06 bits per heavy atom. The molecule has 5 aliphatic rings. The number of likely N-dealkylation sites (tertiary alicyclic amines) is 1. The number of carbonyl (C=O) groups is 1. The molecule has 174 valence electrons. The van der Waals surface area contributed by atoms with E-state index in [9.17, 15) is 4.79 Å². The van der Waals surface area contributed by atoms with Gasteiger partial charge < -0.3 is 20.0 Å². The Morgan fingerprint density at radius 2 is 1.85 bits per heavy atom. The number of nitrogens with one attached hydrogen (secondary N) is 1. The quantitative estimate of drug-likeness (QED) is 0.762. The molecule has 1 aromatic rings. The second kappa shape index (κ2) is 8.29. The molecule has 2 saturated heterocycles. The summed E-state index contributed by atoms with van der Waals surface area (Å²) >= 11 is 0. The third-order valence-electron chi connectivity index (χ3n) is 7.91. The number of ketones is 1. The lowest BCUT2D eigenvalue weighted by molar-refractivity contribution is -0.124. The van der Waals surface area contributed by atoms with Gasteiger partial charge >= 0.3 is 0 Å². The fourth-order valence-corrected chi connectivity index (χ4v) is 5.76. The van der Waals surface area contributed by atoms with Gasteiger partial charge in [0.1, 0.15) is 17.8 Å². The van der Waals surface area contributed by atoms with Gasteiger partial charge in [-0.05, 0) is 56.6 Å². The lowest BCUT2D eigenvalue weighted by atomic mass is 9.89. The van der Waals surface area contributed by atoms with Crippen LogP contribution in [0.5, 0.6) is 0 Å². The second-order valence-corrected chi connectivity index (χ2v) is 10.2.